The lowest BCUT2D eigenvalue weighted by Gasteiger charge is -2.36. The number of furan rings is 1. The Morgan fingerprint density at radius 2 is 2.05 bits per heavy atom. The Hall–Kier alpha value is -2.07. The Morgan fingerprint density at radius 1 is 1.20 bits per heavy atom. The molecule has 2 aromatic rings. The molecule has 3 rings (SSSR count). The van der Waals surface area contributed by atoms with Gasteiger partial charge in [-0.3, -0.25) is 4.79 Å². The van der Waals surface area contributed by atoms with Gasteiger partial charge in [-0.2, -0.15) is 0 Å². The van der Waals surface area contributed by atoms with Gasteiger partial charge in [-0.15, -0.1) is 0 Å². The molecule has 0 radical (unpaired) electrons. The summed E-state index contributed by atoms with van der Waals surface area (Å²) in [4.78, 5) is 14.1. The highest BCUT2D eigenvalue weighted by Crippen LogP contribution is 2.15. The normalized spacial score (nSPS) is 19.3. The van der Waals surface area contributed by atoms with Crippen molar-refractivity contribution in [2.24, 2.45) is 0 Å². The van der Waals surface area contributed by atoms with Crippen molar-refractivity contribution < 1.29 is 9.21 Å². The SMILES string of the molecule is O=C1CNC[C@H](Cc2ccccc2)N1Cc1ccoc1. The summed E-state index contributed by atoms with van der Waals surface area (Å²) in [5, 5.41) is 3.20. The standard InChI is InChI=1S/C16H18N2O2/c19-16-10-17-9-15(8-13-4-2-1-3-5-13)18(16)11-14-6-7-20-12-14/h1-7,12,15,17H,8-11H2/t15-/m0/s1. The van der Waals surface area contributed by atoms with E-state index < -0.39 is 0 Å². The second kappa shape index (κ2) is 5.92. The maximum Gasteiger partial charge on any atom is 0.237 e. The van der Waals surface area contributed by atoms with E-state index in [1.54, 1.807) is 12.5 Å². The molecule has 1 aliphatic rings. The van der Waals surface area contributed by atoms with Crippen LogP contribution in [0.15, 0.2) is 53.3 Å². The molecule has 1 amide bonds. The second-order valence-electron chi connectivity index (χ2n) is 5.13. The highest BCUT2D eigenvalue weighted by atomic mass is 16.3. The Kier molecular flexibility index (Phi) is 3.83. The molecule has 0 spiro atoms. The van der Waals surface area contributed by atoms with Gasteiger partial charge in [-0.05, 0) is 18.1 Å². The number of nitrogens with zero attached hydrogens (tertiary/aromatic N) is 1. The lowest BCUT2D eigenvalue weighted by atomic mass is 10.0. The van der Waals surface area contributed by atoms with Crippen LogP contribution in [0.2, 0.25) is 0 Å². The molecule has 4 nitrogen and oxygen atoms in total. The molecular weight excluding hydrogens is 252 g/mol. The highest BCUT2D eigenvalue weighted by Gasteiger charge is 2.28. The molecular formula is C16H18N2O2. The fraction of sp³-hybridized carbons (Fsp3) is 0.312. The molecule has 1 aromatic heterocycles. The minimum Gasteiger partial charge on any atom is -0.472 e. The number of carbonyl (C=O) groups is 1. The van der Waals surface area contributed by atoms with Crippen molar-refractivity contribution in [3.8, 4) is 0 Å². The van der Waals surface area contributed by atoms with Gasteiger partial charge in [0.2, 0.25) is 5.91 Å². The van der Waals surface area contributed by atoms with Gasteiger partial charge in [0.25, 0.3) is 0 Å². The van der Waals surface area contributed by atoms with Gasteiger partial charge in [-0.1, -0.05) is 30.3 Å². The molecule has 0 saturated carbocycles. The average molecular weight is 270 g/mol. The number of rotatable bonds is 4. The fourth-order valence-electron chi connectivity index (χ4n) is 2.63. The fourth-order valence-corrected chi connectivity index (χ4v) is 2.63. The first kappa shape index (κ1) is 12.9. The van der Waals surface area contributed by atoms with E-state index in [0.29, 0.717) is 13.1 Å². The van der Waals surface area contributed by atoms with Gasteiger partial charge in [0, 0.05) is 24.7 Å². The van der Waals surface area contributed by atoms with Gasteiger partial charge < -0.3 is 14.6 Å². The van der Waals surface area contributed by atoms with Gasteiger partial charge in [0.05, 0.1) is 19.1 Å². The number of carbonyl (C=O) groups excluding carboxylic acids is 1. The van der Waals surface area contributed by atoms with Crippen molar-refractivity contribution in [1.29, 1.82) is 0 Å². The lowest BCUT2D eigenvalue weighted by molar-refractivity contribution is -0.135. The minimum absolute atomic E-state index is 0.151. The number of piperazine rings is 1. The van der Waals surface area contributed by atoms with E-state index in [1.807, 2.05) is 29.2 Å². The van der Waals surface area contributed by atoms with Crippen LogP contribution in [0.1, 0.15) is 11.1 Å². The van der Waals surface area contributed by atoms with Crippen LogP contribution in [0, 0.1) is 0 Å². The molecule has 1 saturated heterocycles. The Balaban J connectivity index is 1.74. The Morgan fingerprint density at radius 3 is 2.80 bits per heavy atom. The predicted molar refractivity (Wildman–Crippen MR) is 76.1 cm³/mol. The molecule has 1 aliphatic heterocycles. The van der Waals surface area contributed by atoms with Crippen molar-refractivity contribution in [3.05, 3.63) is 60.1 Å². The third-order valence-corrected chi connectivity index (χ3v) is 3.66. The maximum atomic E-state index is 12.2. The highest BCUT2D eigenvalue weighted by molar-refractivity contribution is 5.79. The summed E-state index contributed by atoms with van der Waals surface area (Å²) in [6, 6.07) is 12.4. The third kappa shape index (κ3) is 2.91. The van der Waals surface area contributed by atoms with Gasteiger partial charge >= 0.3 is 0 Å². The average Bonchev–Trinajstić information content (AvgIpc) is 2.97. The number of hydrogen-bond donors (Lipinski definition) is 1. The van der Waals surface area contributed by atoms with E-state index >= 15 is 0 Å². The van der Waals surface area contributed by atoms with E-state index in [1.165, 1.54) is 5.56 Å². The van der Waals surface area contributed by atoms with Crippen LogP contribution >= 0.6 is 0 Å². The van der Waals surface area contributed by atoms with Crippen LogP contribution < -0.4 is 5.32 Å². The first-order valence-corrected chi connectivity index (χ1v) is 6.88. The van der Waals surface area contributed by atoms with Gasteiger partial charge in [-0.25, -0.2) is 0 Å². The van der Waals surface area contributed by atoms with E-state index in [9.17, 15) is 4.79 Å². The van der Waals surface area contributed by atoms with Crippen molar-refractivity contribution in [2.75, 3.05) is 13.1 Å². The first-order chi connectivity index (χ1) is 9.83. The van der Waals surface area contributed by atoms with Crippen molar-refractivity contribution in [3.63, 3.8) is 0 Å². The molecule has 1 N–H and O–H groups in total. The zero-order valence-corrected chi connectivity index (χ0v) is 11.3. The van der Waals surface area contributed by atoms with Crippen LogP contribution in [0.4, 0.5) is 0 Å². The lowest BCUT2D eigenvalue weighted by Crippen LogP contribution is -2.55. The Labute approximate surface area is 118 Å². The van der Waals surface area contributed by atoms with Crippen LogP contribution in [-0.4, -0.2) is 29.9 Å². The topological polar surface area (TPSA) is 45.5 Å². The van der Waals surface area contributed by atoms with Crippen LogP contribution in [0.5, 0.6) is 0 Å². The summed E-state index contributed by atoms with van der Waals surface area (Å²) in [5.74, 6) is 0.151. The number of amides is 1. The summed E-state index contributed by atoms with van der Waals surface area (Å²) in [6.45, 7) is 1.87. The molecule has 4 heteroatoms. The molecule has 1 atom stereocenters. The van der Waals surface area contributed by atoms with E-state index in [0.717, 1.165) is 18.5 Å². The van der Waals surface area contributed by atoms with E-state index in [-0.39, 0.29) is 11.9 Å². The van der Waals surface area contributed by atoms with Crippen molar-refractivity contribution in [2.45, 2.75) is 19.0 Å². The number of benzene rings is 1. The summed E-state index contributed by atoms with van der Waals surface area (Å²) in [5.41, 5.74) is 2.30. The number of hydrogen-bond acceptors (Lipinski definition) is 3. The molecule has 0 bridgehead atoms. The first-order valence-electron chi connectivity index (χ1n) is 6.88. The smallest absolute Gasteiger partial charge is 0.237 e. The zero-order valence-electron chi connectivity index (χ0n) is 11.3. The van der Waals surface area contributed by atoms with Crippen molar-refractivity contribution in [1.82, 2.24) is 10.2 Å². The molecule has 20 heavy (non-hydrogen) atoms. The van der Waals surface area contributed by atoms with E-state index in [4.69, 9.17) is 4.42 Å². The summed E-state index contributed by atoms with van der Waals surface area (Å²) in [7, 11) is 0. The maximum absolute atomic E-state index is 12.2. The summed E-state index contributed by atoms with van der Waals surface area (Å²) < 4.78 is 5.09. The molecule has 1 fully saturated rings. The monoisotopic (exact) mass is 270 g/mol. The molecule has 0 unspecified atom stereocenters. The summed E-state index contributed by atoms with van der Waals surface area (Å²) >= 11 is 0. The second-order valence-corrected chi connectivity index (χ2v) is 5.13. The largest absolute Gasteiger partial charge is 0.472 e. The van der Waals surface area contributed by atoms with Crippen LogP contribution in [0.25, 0.3) is 0 Å². The molecule has 1 aromatic carbocycles. The molecule has 0 aliphatic carbocycles. The molecule has 104 valence electrons. The Bertz CT molecular complexity index is 551. The van der Waals surface area contributed by atoms with Crippen molar-refractivity contribution >= 4 is 5.91 Å². The van der Waals surface area contributed by atoms with Gasteiger partial charge in [0.15, 0.2) is 0 Å². The quantitative estimate of drug-likeness (QED) is 0.922. The minimum atomic E-state index is 0.151. The predicted octanol–water partition coefficient (Wildman–Crippen LogP) is 1.82. The van der Waals surface area contributed by atoms with E-state index in [2.05, 4.69) is 17.4 Å². The van der Waals surface area contributed by atoms with Crippen LogP contribution in [0.3, 0.4) is 0 Å². The number of nitrogens with one attached hydrogen (secondary N) is 1. The summed E-state index contributed by atoms with van der Waals surface area (Å²) in [6.07, 6.45) is 4.22. The zero-order chi connectivity index (χ0) is 13.8. The van der Waals surface area contributed by atoms with Crippen LogP contribution in [-0.2, 0) is 17.8 Å². The third-order valence-electron chi connectivity index (χ3n) is 3.66. The van der Waals surface area contributed by atoms with Gasteiger partial charge in [0.1, 0.15) is 0 Å². The molecule has 2 heterocycles.